The van der Waals surface area contributed by atoms with E-state index < -0.39 is 27.9 Å². The number of sulfonamides is 1. The zero-order valence-corrected chi connectivity index (χ0v) is 19.0. The maximum atomic E-state index is 13.7. The lowest BCUT2D eigenvalue weighted by Gasteiger charge is -2.29. The average molecular weight is 467 g/mol. The molecule has 0 saturated heterocycles. The lowest BCUT2D eigenvalue weighted by Crippen LogP contribution is -2.34. The number of halogens is 1. The molecule has 0 bridgehead atoms. The van der Waals surface area contributed by atoms with Crippen molar-refractivity contribution < 1.29 is 22.3 Å². The molecular weight excluding hydrogens is 443 g/mol. The Bertz CT molecular complexity index is 1260. The van der Waals surface area contributed by atoms with Crippen LogP contribution in [0.15, 0.2) is 101 Å². The van der Waals surface area contributed by atoms with Crippen molar-refractivity contribution >= 4 is 22.2 Å². The molecule has 0 aliphatic rings. The van der Waals surface area contributed by atoms with Crippen LogP contribution in [0.5, 0.6) is 0 Å². The average Bonchev–Trinajstić information content (AvgIpc) is 2.82. The van der Waals surface area contributed by atoms with Crippen LogP contribution >= 0.6 is 0 Å². The van der Waals surface area contributed by atoms with E-state index in [0.717, 1.165) is 9.98 Å². The van der Waals surface area contributed by atoms with Crippen LogP contribution in [0.2, 0.25) is 0 Å². The number of esters is 1. The van der Waals surface area contributed by atoms with Gasteiger partial charge in [-0.25, -0.2) is 9.18 Å². The summed E-state index contributed by atoms with van der Waals surface area (Å²) in [5.41, 5.74) is 1.64. The second-order valence-electron chi connectivity index (χ2n) is 7.22. The highest BCUT2D eigenvalue weighted by Crippen LogP contribution is 2.34. The zero-order chi connectivity index (χ0) is 24.0. The first-order valence-corrected chi connectivity index (χ1v) is 11.4. The molecule has 170 valence electrons. The number of aryl methyl sites for hydroxylation is 1. The SMILES string of the molecule is C=C(C(=O)OC)[C@H](c1ccc(F)cc1)N(/N=C/c1ccccc1)S(=O)(=O)c1ccc(C)cc1. The molecule has 0 spiro atoms. The van der Waals surface area contributed by atoms with Gasteiger partial charge in [-0.1, -0.05) is 66.7 Å². The van der Waals surface area contributed by atoms with Crippen LogP contribution < -0.4 is 0 Å². The summed E-state index contributed by atoms with van der Waals surface area (Å²) < 4.78 is 46.6. The topological polar surface area (TPSA) is 76.0 Å². The molecule has 3 rings (SSSR count). The molecule has 0 saturated carbocycles. The Balaban J connectivity index is 2.21. The minimum atomic E-state index is -4.26. The number of nitrogens with zero attached hydrogens (tertiary/aromatic N) is 2. The molecule has 8 heteroatoms. The number of hydrazone groups is 1. The van der Waals surface area contributed by atoms with Crippen LogP contribution in [-0.2, 0) is 19.6 Å². The first-order valence-electron chi connectivity index (χ1n) is 9.96. The van der Waals surface area contributed by atoms with Crippen LogP contribution in [0.25, 0.3) is 0 Å². The Morgan fingerprint density at radius 1 is 1.03 bits per heavy atom. The van der Waals surface area contributed by atoms with Crippen molar-refractivity contribution in [3.63, 3.8) is 0 Å². The first-order chi connectivity index (χ1) is 15.7. The third kappa shape index (κ3) is 5.53. The monoisotopic (exact) mass is 466 g/mol. The third-order valence-electron chi connectivity index (χ3n) is 4.87. The number of rotatable bonds is 8. The van der Waals surface area contributed by atoms with Crippen molar-refractivity contribution in [3.8, 4) is 0 Å². The van der Waals surface area contributed by atoms with Crippen LogP contribution in [0.1, 0.15) is 22.7 Å². The van der Waals surface area contributed by atoms with Crippen LogP contribution in [0, 0.1) is 12.7 Å². The summed E-state index contributed by atoms with van der Waals surface area (Å²) in [5.74, 6) is -1.33. The molecule has 0 unspecified atom stereocenters. The zero-order valence-electron chi connectivity index (χ0n) is 18.2. The summed E-state index contributed by atoms with van der Waals surface area (Å²) in [6.07, 6.45) is 1.37. The molecule has 0 aromatic heterocycles. The van der Waals surface area contributed by atoms with E-state index in [1.807, 2.05) is 13.0 Å². The van der Waals surface area contributed by atoms with Gasteiger partial charge in [-0.15, -0.1) is 0 Å². The largest absolute Gasteiger partial charge is 0.466 e. The summed E-state index contributed by atoms with van der Waals surface area (Å²) in [6.45, 7) is 5.61. The fourth-order valence-electron chi connectivity index (χ4n) is 3.10. The van der Waals surface area contributed by atoms with Gasteiger partial charge in [0, 0.05) is 0 Å². The number of ether oxygens (including phenoxy) is 1. The van der Waals surface area contributed by atoms with Crippen LogP contribution in [-0.4, -0.2) is 32.1 Å². The van der Waals surface area contributed by atoms with E-state index in [1.165, 1.54) is 49.7 Å². The Labute approximate surface area is 192 Å². The fraction of sp³-hybridized carbons (Fsp3) is 0.120. The molecule has 3 aromatic carbocycles. The maximum absolute atomic E-state index is 13.7. The summed E-state index contributed by atoms with van der Waals surface area (Å²) >= 11 is 0. The summed E-state index contributed by atoms with van der Waals surface area (Å²) in [6, 6.07) is 18.9. The Kier molecular flexibility index (Phi) is 7.40. The van der Waals surface area contributed by atoms with Gasteiger partial charge in [0.05, 0.1) is 23.8 Å². The summed E-state index contributed by atoms with van der Waals surface area (Å²) in [5, 5.41) is 4.26. The van der Waals surface area contributed by atoms with E-state index in [0.29, 0.717) is 11.1 Å². The number of methoxy groups -OCH3 is 1. The Morgan fingerprint density at radius 3 is 2.21 bits per heavy atom. The second-order valence-corrected chi connectivity index (χ2v) is 9.01. The maximum Gasteiger partial charge on any atom is 0.335 e. The minimum absolute atomic E-state index is 0.0249. The van der Waals surface area contributed by atoms with Crippen molar-refractivity contribution in [2.45, 2.75) is 17.9 Å². The molecule has 0 radical (unpaired) electrons. The smallest absolute Gasteiger partial charge is 0.335 e. The lowest BCUT2D eigenvalue weighted by molar-refractivity contribution is -0.136. The van der Waals surface area contributed by atoms with Crippen LogP contribution in [0.4, 0.5) is 4.39 Å². The highest BCUT2D eigenvalue weighted by molar-refractivity contribution is 7.89. The summed E-state index contributed by atoms with van der Waals surface area (Å²) in [7, 11) is -3.09. The molecule has 0 N–H and O–H groups in total. The third-order valence-corrected chi connectivity index (χ3v) is 6.54. The molecule has 6 nitrogen and oxygen atoms in total. The quantitative estimate of drug-likeness (QED) is 0.210. The van der Waals surface area contributed by atoms with E-state index in [2.05, 4.69) is 11.7 Å². The highest BCUT2D eigenvalue weighted by atomic mass is 32.2. The van der Waals surface area contributed by atoms with E-state index >= 15 is 0 Å². The molecular formula is C25H23FN2O4S. The van der Waals surface area contributed by atoms with Gasteiger partial charge in [0.2, 0.25) is 0 Å². The predicted molar refractivity (Wildman–Crippen MR) is 125 cm³/mol. The minimum Gasteiger partial charge on any atom is -0.466 e. The van der Waals surface area contributed by atoms with Gasteiger partial charge in [0.1, 0.15) is 11.9 Å². The Hall–Kier alpha value is -3.78. The van der Waals surface area contributed by atoms with Gasteiger partial charge in [0.25, 0.3) is 10.0 Å². The molecule has 0 aliphatic heterocycles. The predicted octanol–water partition coefficient (Wildman–Crippen LogP) is 4.63. The molecule has 33 heavy (non-hydrogen) atoms. The number of hydrogen-bond donors (Lipinski definition) is 0. The lowest BCUT2D eigenvalue weighted by atomic mass is 10.0. The molecule has 3 aromatic rings. The fourth-order valence-corrected chi connectivity index (χ4v) is 4.49. The molecule has 1 atom stereocenters. The van der Waals surface area contributed by atoms with Crippen molar-refractivity contribution in [1.82, 2.24) is 4.41 Å². The van der Waals surface area contributed by atoms with Gasteiger partial charge < -0.3 is 4.74 Å². The highest BCUT2D eigenvalue weighted by Gasteiger charge is 2.36. The van der Waals surface area contributed by atoms with Gasteiger partial charge >= 0.3 is 5.97 Å². The van der Waals surface area contributed by atoms with Crippen molar-refractivity contribution in [2.24, 2.45) is 5.10 Å². The normalized spacial score (nSPS) is 12.3. The number of benzene rings is 3. The van der Waals surface area contributed by atoms with Gasteiger partial charge in [-0.05, 0) is 42.3 Å². The van der Waals surface area contributed by atoms with E-state index in [1.54, 1.807) is 36.4 Å². The summed E-state index contributed by atoms with van der Waals surface area (Å²) in [4.78, 5) is 12.4. The van der Waals surface area contributed by atoms with Gasteiger partial charge in [-0.2, -0.15) is 17.9 Å². The Morgan fingerprint density at radius 2 is 1.64 bits per heavy atom. The van der Waals surface area contributed by atoms with E-state index in [9.17, 15) is 17.6 Å². The van der Waals surface area contributed by atoms with E-state index in [-0.39, 0.29) is 10.5 Å². The standard InChI is InChI=1S/C25H23FN2O4S/c1-18-9-15-23(16-10-18)33(30,31)28(27-17-20-7-5-4-6-8-20)24(19(2)25(29)32-3)21-11-13-22(26)14-12-21/h4-17,24H,2H2,1,3H3/b27-17+/t24-/m1/s1. The molecule has 0 heterocycles. The van der Waals surface area contributed by atoms with Gasteiger partial charge in [-0.3, -0.25) is 0 Å². The number of carbonyl (C=O) groups is 1. The molecule has 0 aliphatic carbocycles. The second kappa shape index (κ2) is 10.2. The van der Waals surface area contributed by atoms with E-state index in [4.69, 9.17) is 4.74 Å². The van der Waals surface area contributed by atoms with Crippen LogP contribution in [0.3, 0.4) is 0 Å². The number of carbonyl (C=O) groups excluding carboxylic acids is 1. The van der Waals surface area contributed by atoms with Crippen molar-refractivity contribution in [3.05, 3.63) is 114 Å². The van der Waals surface area contributed by atoms with Crippen molar-refractivity contribution in [1.29, 1.82) is 0 Å². The molecule has 0 fully saturated rings. The number of hydrogen-bond acceptors (Lipinski definition) is 5. The van der Waals surface area contributed by atoms with Crippen molar-refractivity contribution in [2.75, 3.05) is 7.11 Å². The first kappa shape index (κ1) is 23.9. The van der Waals surface area contributed by atoms with Gasteiger partial charge in [0.15, 0.2) is 0 Å². The molecule has 0 amide bonds.